The van der Waals surface area contributed by atoms with Crippen molar-refractivity contribution in [2.75, 3.05) is 0 Å². The molecule has 0 saturated heterocycles. The van der Waals surface area contributed by atoms with Gasteiger partial charge in [-0.1, -0.05) is 11.8 Å². The van der Waals surface area contributed by atoms with Crippen LogP contribution in [-0.2, 0) is 4.79 Å². The fourth-order valence-electron chi connectivity index (χ4n) is 2.12. The number of ether oxygens (including phenoxy) is 1. The van der Waals surface area contributed by atoms with Gasteiger partial charge in [-0.2, -0.15) is 5.26 Å². The summed E-state index contributed by atoms with van der Waals surface area (Å²) in [6.07, 6.45) is -0.817. The fourth-order valence-corrected chi connectivity index (χ4v) is 3.24. The van der Waals surface area contributed by atoms with Gasteiger partial charge >= 0.3 is 0 Å². The summed E-state index contributed by atoms with van der Waals surface area (Å²) in [5.41, 5.74) is 0.420. The number of fused-ring (bicyclic) bond motifs is 1. The van der Waals surface area contributed by atoms with Crippen molar-refractivity contribution in [1.29, 1.82) is 5.26 Å². The first-order valence-corrected chi connectivity index (χ1v) is 6.81. The lowest BCUT2D eigenvalue weighted by atomic mass is 9.90. The van der Waals surface area contributed by atoms with Crippen LogP contribution >= 0.6 is 11.8 Å². The highest BCUT2D eigenvalue weighted by atomic mass is 32.2. The molecule has 0 bridgehead atoms. The van der Waals surface area contributed by atoms with E-state index in [2.05, 4.69) is 6.07 Å². The van der Waals surface area contributed by atoms with Crippen LogP contribution in [0.1, 0.15) is 37.1 Å². The zero-order chi connectivity index (χ0) is 14.2. The van der Waals surface area contributed by atoms with E-state index in [4.69, 9.17) is 10.00 Å². The van der Waals surface area contributed by atoms with Crippen molar-refractivity contribution in [1.82, 2.24) is 0 Å². The molecule has 0 aliphatic carbocycles. The molecule has 0 saturated carbocycles. The third-order valence-electron chi connectivity index (χ3n) is 3.11. The van der Waals surface area contributed by atoms with Crippen LogP contribution in [0.4, 0.5) is 0 Å². The van der Waals surface area contributed by atoms with Crippen LogP contribution in [0.25, 0.3) is 0 Å². The molecular weight excluding hydrogens is 262 g/mol. The number of carbonyl (C=O) groups is 1. The molecule has 4 nitrogen and oxygen atoms in total. The average Bonchev–Trinajstić information content (AvgIpc) is 2.34. The van der Waals surface area contributed by atoms with Crippen LogP contribution in [0.3, 0.4) is 0 Å². The number of rotatable bonds is 1. The largest absolute Gasteiger partial charge is 0.485 e. The Bertz CT molecular complexity index is 562. The number of aliphatic hydroxyl groups is 1. The summed E-state index contributed by atoms with van der Waals surface area (Å²) < 4.78 is 5.76. The van der Waals surface area contributed by atoms with E-state index in [0.29, 0.717) is 16.9 Å². The van der Waals surface area contributed by atoms with Gasteiger partial charge in [-0.3, -0.25) is 4.79 Å². The number of hydrogen-bond donors (Lipinski definition) is 1. The Morgan fingerprint density at radius 1 is 1.53 bits per heavy atom. The normalized spacial score (nSPS) is 23.9. The van der Waals surface area contributed by atoms with Crippen LogP contribution in [0, 0.1) is 11.3 Å². The van der Waals surface area contributed by atoms with Crippen LogP contribution < -0.4 is 4.74 Å². The first-order valence-electron chi connectivity index (χ1n) is 5.93. The molecule has 1 aromatic carbocycles. The van der Waals surface area contributed by atoms with Crippen molar-refractivity contribution < 1.29 is 14.6 Å². The van der Waals surface area contributed by atoms with Gasteiger partial charge < -0.3 is 9.84 Å². The molecule has 1 aromatic rings. The Labute approximate surface area is 116 Å². The molecule has 1 aliphatic rings. The van der Waals surface area contributed by atoms with Crippen molar-refractivity contribution in [2.45, 2.75) is 37.7 Å². The molecule has 0 amide bonds. The second-order valence-corrected chi connectivity index (χ2v) is 6.36. The Hall–Kier alpha value is -1.51. The molecular formula is C14H15NO3S. The SMILES string of the molecule is CC(=O)S[C@@H]1c2cc(C#N)ccc2OC(C)(C)[C@H]1O. The molecule has 100 valence electrons. The number of nitrogens with zero attached hydrogens (tertiary/aromatic N) is 1. The summed E-state index contributed by atoms with van der Waals surface area (Å²) in [6, 6.07) is 7.12. The molecule has 19 heavy (non-hydrogen) atoms. The van der Waals surface area contributed by atoms with Gasteiger partial charge in [-0.15, -0.1) is 0 Å². The van der Waals surface area contributed by atoms with E-state index >= 15 is 0 Å². The quantitative estimate of drug-likeness (QED) is 0.853. The van der Waals surface area contributed by atoms with Crippen molar-refractivity contribution in [3.63, 3.8) is 0 Å². The van der Waals surface area contributed by atoms with Crippen molar-refractivity contribution in [3.05, 3.63) is 29.3 Å². The highest BCUT2D eigenvalue weighted by molar-refractivity contribution is 8.13. The molecule has 1 N–H and O–H groups in total. The average molecular weight is 277 g/mol. The maximum Gasteiger partial charge on any atom is 0.186 e. The number of thioether (sulfide) groups is 1. The Morgan fingerprint density at radius 3 is 2.79 bits per heavy atom. The Kier molecular flexibility index (Phi) is 3.57. The van der Waals surface area contributed by atoms with E-state index in [1.165, 1.54) is 6.92 Å². The fraction of sp³-hybridized carbons (Fsp3) is 0.429. The van der Waals surface area contributed by atoms with Gasteiger partial charge in [0.05, 0.1) is 16.9 Å². The summed E-state index contributed by atoms with van der Waals surface area (Å²) >= 11 is 1.07. The molecule has 2 atom stereocenters. The van der Waals surface area contributed by atoms with Crippen molar-refractivity contribution in [3.8, 4) is 11.8 Å². The molecule has 0 aromatic heterocycles. The number of nitriles is 1. The lowest BCUT2D eigenvalue weighted by Crippen LogP contribution is -2.48. The number of hydrogen-bond acceptors (Lipinski definition) is 5. The topological polar surface area (TPSA) is 70.3 Å². The van der Waals surface area contributed by atoms with Gasteiger partial charge in [-0.05, 0) is 32.0 Å². The second kappa shape index (κ2) is 4.87. The monoisotopic (exact) mass is 277 g/mol. The molecule has 0 radical (unpaired) electrons. The van der Waals surface area contributed by atoms with Gasteiger partial charge in [0.1, 0.15) is 17.5 Å². The molecule has 0 fully saturated rings. The minimum absolute atomic E-state index is 0.0740. The molecule has 1 heterocycles. The predicted molar refractivity (Wildman–Crippen MR) is 72.9 cm³/mol. The summed E-state index contributed by atoms with van der Waals surface area (Å²) in [7, 11) is 0. The van der Waals surface area contributed by atoms with Gasteiger partial charge in [0.15, 0.2) is 5.12 Å². The minimum atomic E-state index is -0.817. The highest BCUT2D eigenvalue weighted by Gasteiger charge is 2.43. The third kappa shape index (κ3) is 2.60. The van der Waals surface area contributed by atoms with E-state index < -0.39 is 17.0 Å². The van der Waals surface area contributed by atoms with E-state index in [1.807, 2.05) is 0 Å². The second-order valence-electron chi connectivity index (χ2n) is 5.04. The Morgan fingerprint density at radius 2 is 2.21 bits per heavy atom. The summed E-state index contributed by atoms with van der Waals surface area (Å²) in [5, 5.41) is 18.8. The highest BCUT2D eigenvalue weighted by Crippen LogP contribution is 2.47. The summed E-state index contributed by atoms with van der Waals surface area (Å²) in [5.74, 6) is 0.619. The maximum atomic E-state index is 11.4. The lowest BCUT2D eigenvalue weighted by molar-refractivity contribution is -0.109. The molecule has 2 rings (SSSR count). The standard InChI is InChI=1S/C14H15NO3S/c1-8(16)19-12-10-6-9(7-15)4-5-11(10)18-14(2,3)13(12)17/h4-6,12-13,17H,1-3H3/t12-,13+/m1/s1. The maximum absolute atomic E-state index is 11.4. The lowest BCUT2D eigenvalue weighted by Gasteiger charge is -2.41. The van der Waals surface area contributed by atoms with Crippen LogP contribution in [0.2, 0.25) is 0 Å². The molecule has 0 spiro atoms. The van der Waals surface area contributed by atoms with Gasteiger partial charge in [-0.25, -0.2) is 0 Å². The smallest absolute Gasteiger partial charge is 0.186 e. The summed E-state index contributed by atoms with van der Waals surface area (Å²) in [6.45, 7) is 5.03. The zero-order valence-corrected chi connectivity index (χ0v) is 11.8. The number of carbonyl (C=O) groups excluding carboxylic acids is 1. The van der Waals surface area contributed by atoms with Crippen molar-refractivity contribution in [2.24, 2.45) is 0 Å². The van der Waals surface area contributed by atoms with E-state index in [1.54, 1.807) is 32.0 Å². The first-order chi connectivity index (χ1) is 8.85. The third-order valence-corrected chi connectivity index (χ3v) is 4.21. The van der Waals surface area contributed by atoms with Gasteiger partial charge in [0.2, 0.25) is 0 Å². The van der Waals surface area contributed by atoms with E-state index in [0.717, 1.165) is 11.8 Å². The first kappa shape index (κ1) is 13.9. The Balaban J connectivity index is 2.52. The van der Waals surface area contributed by atoms with Gasteiger partial charge in [0.25, 0.3) is 0 Å². The summed E-state index contributed by atoms with van der Waals surface area (Å²) in [4.78, 5) is 11.4. The van der Waals surface area contributed by atoms with Crippen molar-refractivity contribution >= 4 is 16.9 Å². The van der Waals surface area contributed by atoms with E-state index in [-0.39, 0.29) is 5.12 Å². The number of benzene rings is 1. The zero-order valence-electron chi connectivity index (χ0n) is 11.0. The van der Waals surface area contributed by atoms with Gasteiger partial charge in [0, 0.05) is 12.5 Å². The minimum Gasteiger partial charge on any atom is -0.485 e. The molecule has 1 aliphatic heterocycles. The molecule has 0 unspecified atom stereocenters. The molecule has 5 heteroatoms. The van der Waals surface area contributed by atoms with Crippen LogP contribution in [0.15, 0.2) is 18.2 Å². The predicted octanol–water partition coefficient (Wildman–Crippen LogP) is 2.41. The van der Waals surface area contributed by atoms with E-state index in [9.17, 15) is 9.90 Å². The van der Waals surface area contributed by atoms with Crippen LogP contribution in [0.5, 0.6) is 5.75 Å². The van der Waals surface area contributed by atoms with Crippen LogP contribution in [-0.4, -0.2) is 21.9 Å². The number of aliphatic hydroxyl groups excluding tert-OH is 1.